The van der Waals surface area contributed by atoms with Crippen LogP contribution in [0.3, 0.4) is 0 Å². The fraction of sp³-hybridized carbons (Fsp3) is 0.231. The lowest BCUT2D eigenvalue weighted by Gasteiger charge is -2.11. The van der Waals surface area contributed by atoms with Gasteiger partial charge >= 0.3 is 0 Å². The summed E-state index contributed by atoms with van der Waals surface area (Å²) < 4.78 is 0. The second-order valence-electron chi connectivity index (χ2n) is 3.76. The van der Waals surface area contributed by atoms with Crippen molar-refractivity contribution in [2.75, 3.05) is 11.9 Å². The highest BCUT2D eigenvalue weighted by molar-refractivity contribution is 7.80. The molecular formula is C13H15N3S. The molecular weight excluding hydrogens is 230 g/mol. The number of thiocarbonyl (C=S) groups is 1. The molecule has 0 unspecified atom stereocenters. The molecule has 0 aliphatic heterocycles. The lowest BCUT2D eigenvalue weighted by molar-refractivity contribution is 0.847. The largest absolute Gasteiger partial charge is 0.362 e. The third-order valence-electron chi connectivity index (χ3n) is 2.43. The summed E-state index contributed by atoms with van der Waals surface area (Å²) in [5.41, 5.74) is 1.96. The SMILES string of the molecule is CCCNC(=S)Nc1cccc2ncccc12. The van der Waals surface area contributed by atoms with E-state index in [1.54, 1.807) is 6.20 Å². The molecule has 88 valence electrons. The Morgan fingerprint density at radius 3 is 3.00 bits per heavy atom. The van der Waals surface area contributed by atoms with Crippen molar-refractivity contribution >= 4 is 33.9 Å². The molecule has 2 N–H and O–H groups in total. The van der Waals surface area contributed by atoms with Crippen LogP contribution in [0.4, 0.5) is 5.69 Å². The van der Waals surface area contributed by atoms with Gasteiger partial charge in [0, 0.05) is 23.8 Å². The van der Waals surface area contributed by atoms with Gasteiger partial charge in [-0.15, -0.1) is 0 Å². The maximum Gasteiger partial charge on any atom is 0.170 e. The third kappa shape index (κ3) is 2.91. The van der Waals surface area contributed by atoms with Gasteiger partial charge in [0.05, 0.1) is 5.52 Å². The molecule has 0 fully saturated rings. The maximum absolute atomic E-state index is 5.22. The molecule has 4 heteroatoms. The molecule has 0 radical (unpaired) electrons. The standard InChI is InChI=1S/C13H15N3S/c1-2-8-15-13(17)16-12-7-3-6-11-10(12)5-4-9-14-11/h3-7,9H,2,8H2,1H3,(H2,15,16,17). The summed E-state index contributed by atoms with van der Waals surface area (Å²) in [7, 11) is 0. The molecule has 0 spiro atoms. The van der Waals surface area contributed by atoms with Gasteiger partial charge in [-0.1, -0.05) is 13.0 Å². The van der Waals surface area contributed by atoms with Crippen LogP contribution in [0.2, 0.25) is 0 Å². The van der Waals surface area contributed by atoms with Crippen LogP contribution in [0.25, 0.3) is 10.9 Å². The minimum Gasteiger partial charge on any atom is -0.362 e. The first kappa shape index (κ1) is 11.8. The summed E-state index contributed by atoms with van der Waals surface area (Å²) in [4.78, 5) is 4.31. The lowest BCUT2D eigenvalue weighted by atomic mass is 10.2. The van der Waals surface area contributed by atoms with Crippen LogP contribution >= 0.6 is 12.2 Å². The zero-order valence-corrected chi connectivity index (χ0v) is 10.6. The first-order valence-corrected chi connectivity index (χ1v) is 6.10. The van der Waals surface area contributed by atoms with Crippen LogP contribution in [0.1, 0.15) is 13.3 Å². The van der Waals surface area contributed by atoms with Crippen LogP contribution in [0.5, 0.6) is 0 Å². The number of benzene rings is 1. The predicted octanol–water partition coefficient (Wildman–Crippen LogP) is 2.93. The van der Waals surface area contributed by atoms with Gasteiger partial charge in [0.2, 0.25) is 0 Å². The van der Waals surface area contributed by atoms with E-state index in [1.807, 2.05) is 30.3 Å². The van der Waals surface area contributed by atoms with E-state index in [4.69, 9.17) is 12.2 Å². The number of pyridine rings is 1. The normalized spacial score (nSPS) is 10.2. The van der Waals surface area contributed by atoms with Crippen LogP contribution in [-0.2, 0) is 0 Å². The van der Waals surface area contributed by atoms with Crippen molar-refractivity contribution in [3.8, 4) is 0 Å². The molecule has 0 aliphatic carbocycles. The zero-order chi connectivity index (χ0) is 12.1. The highest BCUT2D eigenvalue weighted by Gasteiger charge is 2.02. The van der Waals surface area contributed by atoms with Crippen molar-refractivity contribution in [2.45, 2.75) is 13.3 Å². The van der Waals surface area contributed by atoms with Gasteiger partial charge in [0.25, 0.3) is 0 Å². The number of fused-ring (bicyclic) bond motifs is 1. The smallest absolute Gasteiger partial charge is 0.170 e. The number of nitrogens with one attached hydrogen (secondary N) is 2. The van der Waals surface area contributed by atoms with E-state index >= 15 is 0 Å². The van der Waals surface area contributed by atoms with Gasteiger partial charge in [-0.05, 0) is 42.9 Å². The van der Waals surface area contributed by atoms with E-state index in [-0.39, 0.29) is 0 Å². The number of rotatable bonds is 3. The second-order valence-corrected chi connectivity index (χ2v) is 4.16. The number of aromatic nitrogens is 1. The highest BCUT2D eigenvalue weighted by Crippen LogP contribution is 2.20. The topological polar surface area (TPSA) is 37.0 Å². The van der Waals surface area contributed by atoms with Crippen LogP contribution < -0.4 is 10.6 Å². The van der Waals surface area contributed by atoms with Crippen molar-refractivity contribution in [1.82, 2.24) is 10.3 Å². The molecule has 0 aliphatic rings. The van der Waals surface area contributed by atoms with Crippen molar-refractivity contribution in [3.05, 3.63) is 36.5 Å². The Balaban J connectivity index is 2.21. The molecule has 1 aromatic heterocycles. The van der Waals surface area contributed by atoms with E-state index in [2.05, 4.69) is 22.5 Å². The monoisotopic (exact) mass is 245 g/mol. The molecule has 1 aromatic carbocycles. The Morgan fingerprint density at radius 2 is 2.18 bits per heavy atom. The van der Waals surface area contributed by atoms with E-state index in [1.165, 1.54) is 0 Å². The summed E-state index contributed by atoms with van der Waals surface area (Å²) >= 11 is 5.22. The Morgan fingerprint density at radius 1 is 1.29 bits per heavy atom. The van der Waals surface area contributed by atoms with Gasteiger partial charge in [0.1, 0.15) is 0 Å². The molecule has 0 bridgehead atoms. The van der Waals surface area contributed by atoms with Gasteiger partial charge in [0.15, 0.2) is 5.11 Å². The average Bonchev–Trinajstić information content (AvgIpc) is 2.37. The first-order valence-electron chi connectivity index (χ1n) is 5.70. The zero-order valence-electron chi connectivity index (χ0n) is 9.73. The molecule has 0 saturated carbocycles. The molecule has 2 aromatic rings. The van der Waals surface area contributed by atoms with Crippen LogP contribution in [0.15, 0.2) is 36.5 Å². The molecule has 2 rings (SSSR count). The minimum absolute atomic E-state index is 0.656. The molecule has 17 heavy (non-hydrogen) atoms. The summed E-state index contributed by atoms with van der Waals surface area (Å²) in [6.45, 7) is 2.99. The third-order valence-corrected chi connectivity index (χ3v) is 2.68. The fourth-order valence-corrected chi connectivity index (χ4v) is 1.83. The average molecular weight is 245 g/mol. The molecule has 0 saturated heterocycles. The quantitative estimate of drug-likeness (QED) is 0.815. The van der Waals surface area contributed by atoms with Gasteiger partial charge in [-0.2, -0.15) is 0 Å². The van der Waals surface area contributed by atoms with Gasteiger partial charge in [-0.3, -0.25) is 4.98 Å². The number of hydrogen-bond acceptors (Lipinski definition) is 2. The summed E-state index contributed by atoms with van der Waals surface area (Å²) in [5, 5.41) is 8.08. The predicted molar refractivity (Wildman–Crippen MR) is 76.3 cm³/mol. The minimum atomic E-state index is 0.656. The van der Waals surface area contributed by atoms with Crippen molar-refractivity contribution < 1.29 is 0 Å². The molecule has 0 amide bonds. The number of anilines is 1. The molecule has 1 heterocycles. The lowest BCUT2D eigenvalue weighted by Crippen LogP contribution is -2.28. The van der Waals surface area contributed by atoms with Crippen LogP contribution in [-0.4, -0.2) is 16.6 Å². The Labute approximate surface area is 106 Å². The summed E-state index contributed by atoms with van der Waals surface area (Å²) in [6.07, 6.45) is 2.85. The van der Waals surface area contributed by atoms with Crippen LogP contribution in [0, 0.1) is 0 Å². The Kier molecular flexibility index (Phi) is 3.88. The molecule has 3 nitrogen and oxygen atoms in total. The first-order chi connectivity index (χ1) is 8.31. The van der Waals surface area contributed by atoms with E-state index in [0.717, 1.165) is 29.6 Å². The second kappa shape index (κ2) is 5.59. The van der Waals surface area contributed by atoms with E-state index < -0.39 is 0 Å². The Hall–Kier alpha value is -1.68. The van der Waals surface area contributed by atoms with Gasteiger partial charge in [-0.25, -0.2) is 0 Å². The Bertz CT molecular complexity index is 520. The summed E-state index contributed by atoms with van der Waals surface area (Å²) in [6, 6.07) is 9.93. The highest BCUT2D eigenvalue weighted by atomic mass is 32.1. The van der Waals surface area contributed by atoms with Crippen molar-refractivity contribution in [1.29, 1.82) is 0 Å². The van der Waals surface area contributed by atoms with Crippen molar-refractivity contribution in [3.63, 3.8) is 0 Å². The number of hydrogen-bond donors (Lipinski definition) is 2. The fourth-order valence-electron chi connectivity index (χ4n) is 1.62. The maximum atomic E-state index is 5.22. The molecule has 0 atom stereocenters. The summed E-state index contributed by atoms with van der Waals surface area (Å²) in [5.74, 6) is 0. The van der Waals surface area contributed by atoms with Gasteiger partial charge < -0.3 is 10.6 Å². The van der Waals surface area contributed by atoms with E-state index in [0.29, 0.717) is 5.11 Å². The van der Waals surface area contributed by atoms with E-state index in [9.17, 15) is 0 Å². The van der Waals surface area contributed by atoms with Crippen molar-refractivity contribution in [2.24, 2.45) is 0 Å². The number of nitrogens with zero attached hydrogens (tertiary/aromatic N) is 1.